The van der Waals surface area contributed by atoms with Crippen molar-refractivity contribution in [2.24, 2.45) is 5.92 Å². The highest BCUT2D eigenvalue weighted by Crippen LogP contribution is 2.35. The number of hydrogen-bond acceptors (Lipinski definition) is 3. The Hall–Kier alpha value is -0.120. The van der Waals surface area contributed by atoms with Crippen LogP contribution < -0.4 is 0 Å². The number of methoxy groups -OCH3 is 1. The van der Waals surface area contributed by atoms with Crippen molar-refractivity contribution in [3.05, 3.63) is 0 Å². The molecule has 0 spiro atoms. The lowest BCUT2D eigenvalue weighted by Gasteiger charge is -2.41. The third-order valence-electron chi connectivity index (χ3n) is 2.77. The summed E-state index contributed by atoms with van der Waals surface area (Å²) in [6, 6.07) is 0. The molecule has 0 aromatic rings. The average molecular weight is 202 g/mol. The quantitative estimate of drug-likeness (QED) is 0.641. The van der Waals surface area contributed by atoms with Crippen molar-refractivity contribution in [3.63, 3.8) is 0 Å². The van der Waals surface area contributed by atoms with E-state index in [-0.39, 0.29) is 0 Å². The van der Waals surface area contributed by atoms with Crippen LogP contribution in [0.25, 0.3) is 0 Å². The van der Waals surface area contributed by atoms with E-state index in [0.717, 1.165) is 32.3 Å². The molecule has 0 radical (unpaired) electrons. The summed E-state index contributed by atoms with van der Waals surface area (Å²) < 4.78 is 16.8. The van der Waals surface area contributed by atoms with Crippen molar-refractivity contribution >= 4 is 0 Å². The summed E-state index contributed by atoms with van der Waals surface area (Å²) in [5.74, 6) is -0.380. The van der Waals surface area contributed by atoms with Crippen molar-refractivity contribution in [2.75, 3.05) is 20.3 Å². The van der Waals surface area contributed by atoms with E-state index in [1.54, 1.807) is 7.11 Å². The highest BCUT2D eigenvalue weighted by atomic mass is 16.9. The Kier molecular flexibility index (Phi) is 4.85. The fourth-order valence-electron chi connectivity index (χ4n) is 2.15. The molecule has 1 fully saturated rings. The number of rotatable bonds is 5. The first-order chi connectivity index (χ1) is 6.79. The third kappa shape index (κ3) is 2.47. The molecule has 0 aromatic heterocycles. The van der Waals surface area contributed by atoms with Crippen LogP contribution in [0.2, 0.25) is 0 Å². The molecule has 1 rings (SSSR count). The lowest BCUT2D eigenvalue weighted by atomic mass is 9.93. The van der Waals surface area contributed by atoms with Gasteiger partial charge in [0, 0.05) is 19.6 Å². The molecule has 1 aliphatic heterocycles. The molecule has 0 aliphatic carbocycles. The molecule has 0 N–H and O–H groups in total. The van der Waals surface area contributed by atoms with Crippen molar-refractivity contribution in [1.82, 2.24) is 0 Å². The zero-order valence-corrected chi connectivity index (χ0v) is 9.54. The largest absolute Gasteiger partial charge is 0.331 e. The van der Waals surface area contributed by atoms with Gasteiger partial charge >= 0.3 is 0 Å². The van der Waals surface area contributed by atoms with Gasteiger partial charge in [-0.2, -0.15) is 0 Å². The summed E-state index contributed by atoms with van der Waals surface area (Å²) in [6.45, 7) is 5.53. The van der Waals surface area contributed by atoms with Crippen LogP contribution in [0, 0.1) is 5.92 Å². The zero-order valence-electron chi connectivity index (χ0n) is 9.54. The van der Waals surface area contributed by atoms with E-state index in [4.69, 9.17) is 14.2 Å². The third-order valence-corrected chi connectivity index (χ3v) is 2.77. The first-order valence-corrected chi connectivity index (χ1v) is 5.62. The summed E-state index contributed by atoms with van der Waals surface area (Å²) in [6.07, 6.45) is 4.50. The molecule has 84 valence electrons. The predicted octanol–water partition coefficient (Wildman–Crippen LogP) is 2.55. The van der Waals surface area contributed by atoms with Gasteiger partial charge in [-0.15, -0.1) is 0 Å². The van der Waals surface area contributed by atoms with Gasteiger partial charge in [0.25, 0.3) is 5.97 Å². The molecule has 0 saturated carbocycles. The van der Waals surface area contributed by atoms with Gasteiger partial charge in [-0.25, -0.2) is 0 Å². The molecule has 1 aliphatic rings. The summed E-state index contributed by atoms with van der Waals surface area (Å²) in [7, 11) is 1.67. The molecular formula is C11H22O3. The molecule has 14 heavy (non-hydrogen) atoms. The van der Waals surface area contributed by atoms with Crippen LogP contribution in [0.15, 0.2) is 0 Å². The van der Waals surface area contributed by atoms with Gasteiger partial charge in [0.1, 0.15) is 0 Å². The Morgan fingerprint density at radius 2 is 2.21 bits per heavy atom. The van der Waals surface area contributed by atoms with Crippen LogP contribution in [0.4, 0.5) is 0 Å². The maximum atomic E-state index is 5.68. The van der Waals surface area contributed by atoms with Crippen LogP contribution in [0.1, 0.15) is 39.5 Å². The zero-order chi connectivity index (χ0) is 10.4. The number of ether oxygens (including phenoxy) is 3. The van der Waals surface area contributed by atoms with Crippen LogP contribution in [0.3, 0.4) is 0 Å². The van der Waals surface area contributed by atoms with Crippen LogP contribution >= 0.6 is 0 Å². The van der Waals surface area contributed by atoms with E-state index in [1.807, 2.05) is 6.92 Å². The predicted molar refractivity (Wildman–Crippen MR) is 55.0 cm³/mol. The molecule has 0 bridgehead atoms. The molecule has 3 nitrogen and oxygen atoms in total. The highest BCUT2D eigenvalue weighted by molar-refractivity contribution is 4.75. The van der Waals surface area contributed by atoms with Crippen molar-refractivity contribution in [1.29, 1.82) is 0 Å². The Labute approximate surface area is 86.7 Å². The molecule has 1 saturated heterocycles. The van der Waals surface area contributed by atoms with E-state index in [1.165, 1.54) is 0 Å². The summed E-state index contributed by atoms with van der Waals surface area (Å²) in [4.78, 5) is 0. The Morgan fingerprint density at radius 1 is 1.43 bits per heavy atom. The average Bonchev–Trinajstić information content (AvgIpc) is 2.22. The molecule has 0 aromatic carbocycles. The minimum absolute atomic E-state index is 0.381. The Bertz CT molecular complexity index is 155. The standard InChI is InChI=1S/C11H22O3/c1-4-7-10-8-6-9-14-11(10,12-3)13-5-2/h10H,4-9H2,1-3H3. The smallest absolute Gasteiger partial charge is 0.285 e. The minimum Gasteiger partial charge on any atom is -0.331 e. The second-order valence-electron chi connectivity index (χ2n) is 3.72. The van der Waals surface area contributed by atoms with E-state index in [2.05, 4.69) is 6.92 Å². The second kappa shape index (κ2) is 5.69. The molecular weight excluding hydrogens is 180 g/mol. The minimum atomic E-state index is -0.761. The van der Waals surface area contributed by atoms with Crippen molar-refractivity contribution in [3.8, 4) is 0 Å². The van der Waals surface area contributed by atoms with Gasteiger partial charge in [-0.05, 0) is 26.2 Å². The molecule has 2 atom stereocenters. The summed E-state index contributed by atoms with van der Waals surface area (Å²) in [5, 5.41) is 0. The lowest BCUT2D eigenvalue weighted by Crippen LogP contribution is -2.48. The normalized spacial score (nSPS) is 33.2. The van der Waals surface area contributed by atoms with Gasteiger partial charge in [0.2, 0.25) is 0 Å². The summed E-state index contributed by atoms with van der Waals surface area (Å²) in [5.41, 5.74) is 0. The summed E-state index contributed by atoms with van der Waals surface area (Å²) >= 11 is 0. The SMILES string of the molecule is CCCC1CCCOC1(OC)OCC. The Balaban J connectivity index is 2.65. The Morgan fingerprint density at radius 3 is 2.79 bits per heavy atom. The fraction of sp³-hybridized carbons (Fsp3) is 1.00. The van der Waals surface area contributed by atoms with Gasteiger partial charge in [-0.1, -0.05) is 13.3 Å². The number of hydrogen-bond donors (Lipinski definition) is 0. The first kappa shape index (κ1) is 12.0. The molecule has 3 heteroatoms. The maximum Gasteiger partial charge on any atom is 0.285 e. The van der Waals surface area contributed by atoms with Crippen LogP contribution in [0.5, 0.6) is 0 Å². The molecule has 1 heterocycles. The van der Waals surface area contributed by atoms with Crippen LogP contribution in [-0.2, 0) is 14.2 Å². The fourth-order valence-corrected chi connectivity index (χ4v) is 2.15. The van der Waals surface area contributed by atoms with Crippen LogP contribution in [-0.4, -0.2) is 26.3 Å². The lowest BCUT2D eigenvalue weighted by molar-refractivity contribution is -0.408. The molecule has 0 amide bonds. The topological polar surface area (TPSA) is 27.7 Å². The van der Waals surface area contributed by atoms with Gasteiger partial charge in [0.05, 0.1) is 6.61 Å². The van der Waals surface area contributed by atoms with Crippen molar-refractivity contribution < 1.29 is 14.2 Å². The van der Waals surface area contributed by atoms with E-state index in [0.29, 0.717) is 12.5 Å². The first-order valence-electron chi connectivity index (χ1n) is 5.62. The van der Waals surface area contributed by atoms with Gasteiger partial charge in [0.15, 0.2) is 0 Å². The highest BCUT2D eigenvalue weighted by Gasteiger charge is 2.43. The van der Waals surface area contributed by atoms with Gasteiger partial charge in [-0.3, -0.25) is 0 Å². The maximum absolute atomic E-state index is 5.68. The van der Waals surface area contributed by atoms with E-state index >= 15 is 0 Å². The van der Waals surface area contributed by atoms with Crippen molar-refractivity contribution in [2.45, 2.75) is 45.5 Å². The van der Waals surface area contributed by atoms with E-state index in [9.17, 15) is 0 Å². The monoisotopic (exact) mass is 202 g/mol. The second-order valence-corrected chi connectivity index (χ2v) is 3.72. The molecule has 2 unspecified atom stereocenters. The van der Waals surface area contributed by atoms with E-state index < -0.39 is 5.97 Å². The van der Waals surface area contributed by atoms with Gasteiger partial charge < -0.3 is 14.2 Å².